The van der Waals surface area contributed by atoms with Gasteiger partial charge in [0, 0.05) is 12.6 Å². The molecule has 106 valence electrons. The molecule has 0 bridgehead atoms. The molecule has 0 aromatic carbocycles. The van der Waals surface area contributed by atoms with Gasteiger partial charge in [0.1, 0.15) is 5.69 Å². The lowest BCUT2D eigenvalue weighted by atomic mass is 10.0. The lowest BCUT2D eigenvalue weighted by Gasteiger charge is -2.22. The van der Waals surface area contributed by atoms with Crippen LogP contribution in [0, 0.1) is 11.8 Å². The van der Waals surface area contributed by atoms with Gasteiger partial charge in [0.15, 0.2) is 0 Å². The number of nitrogens with one attached hydrogen (secondary N) is 1. The zero-order valence-corrected chi connectivity index (χ0v) is 12.6. The van der Waals surface area contributed by atoms with E-state index in [-0.39, 0.29) is 11.6 Å². The molecule has 1 saturated carbocycles. The molecular weight excluding hydrogens is 262 g/mol. The molecular formula is C14H22ClN3O. The van der Waals surface area contributed by atoms with E-state index in [4.69, 9.17) is 11.6 Å². The van der Waals surface area contributed by atoms with E-state index < -0.39 is 0 Å². The summed E-state index contributed by atoms with van der Waals surface area (Å²) in [6, 6.07) is 0.252. The van der Waals surface area contributed by atoms with Crippen molar-refractivity contribution >= 4 is 17.3 Å². The molecule has 0 amide bonds. The number of hydrogen-bond acceptors (Lipinski definition) is 3. The van der Waals surface area contributed by atoms with Crippen molar-refractivity contribution in [2.75, 3.05) is 5.32 Å². The van der Waals surface area contributed by atoms with Crippen molar-refractivity contribution < 1.29 is 0 Å². The lowest BCUT2D eigenvalue weighted by Crippen LogP contribution is -2.32. The summed E-state index contributed by atoms with van der Waals surface area (Å²) < 4.78 is 1.54. The van der Waals surface area contributed by atoms with Gasteiger partial charge in [0.2, 0.25) is 0 Å². The number of halogens is 1. The Balaban J connectivity index is 2.24. The van der Waals surface area contributed by atoms with Crippen molar-refractivity contribution in [1.82, 2.24) is 9.78 Å². The molecule has 1 aromatic heterocycles. The summed E-state index contributed by atoms with van der Waals surface area (Å²) in [7, 11) is 0. The number of rotatable bonds is 6. The predicted molar refractivity (Wildman–Crippen MR) is 78.8 cm³/mol. The third-order valence-electron chi connectivity index (χ3n) is 3.70. The predicted octanol–water partition coefficient (Wildman–Crippen LogP) is 3.15. The van der Waals surface area contributed by atoms with Crippen LogP contribution in [0.15, 0.2) is 11.0 Å². The molecule has 0 aliphatic heterocycles. The fraction of sp³-hybridized carbons (Fsp3) is 0.714. The first-order valence-electron chi connectivity index (χ1n) is 7.05. The highest BCUT2D eigenvalue weighted by Gasteiger charge is 2.24. The van der Waals surface area contributed by atoms with Crippen molar-refractivity contribution in [3.8, 4) is 0 Å². The van der Waals surface area contributed by atoms with E-state index in [1.54, 1.807) is 10.9 Å². The van der Waals surface area contributed by atoms with E-state index in [0.29, 0.717) is 29.1 Å². The SMILES string of the molecule is CCC(Nc1c(Cl)cnn(CC2CC2)c1=O)C(C)C. The normalized spacial score (nSPS) is 16.7. The second-order valence-electron chi connectivity index (χ2n) is 5.70. The second-order valence-corrected chi connectivity index (χ2v) is 6.11. The van der Waals surface area contributed by atoms with Gasteiger partial charge in [-0.05, 0) is 31.1 Å². The Bertz CT molecular complexity index is 494. The van der Waals surface area contributed by atoms with E-state index in [9.17, 15) is 4.79 Å². The molecule has 0 spiro atoms. The van der Waals surface area contributed by atoms with E-state index in [1.807, 2.05) is 0 Å². The average Bonchev–Trinajstić information content (AvgIpc) is 3.16. The van der Waals surface area contributed by atoms with E-state index in [1.165, 1.54) is 12.8 Å². The summed E-state index contributed by atoms with van der Waals surface area (Å²) in [6.45, 7) is 7.09. The quantitative estimate of drug-likeness (QED) is 0.872. The van der Waals surface area contributed by atoms with Gasteiger partial charge < -0.3 is 5.32 Å². The monoisotopic (exact) mass is 283 g/mol. The number of nitrogens with zero attached hydrogens (tertiary/aromatic N) is 2. The minimum absolute atomic E-state index is 0.0986. The van der Waals surface area contributed by atoms with Gasteiger partial charge in [-0.1, -0.05) is 32.4 Å². The fourth-order valence-corrected chi connectivity index (χ4v) is 2.38. The standard InChI is InChI=1S/C14H22ClN3O/c1-4-12(9(2)3)17-13-11(15)7-16-18(14(13)19)8-10-5-6-10/h7,9-10,12,17H,4-6,8H2,1-3H3. The second kappa shape index (κ2) is 5.95. The Morgan fingerprint density at radius 3 is 2.74 bits per heavy atom. The molecule has 19 heavy (non-hydrogen) atoms. The van der Waals surface area contributed by atoms with Crippen LogP contribution < -0.4 is 10.9 Å². The third-order valence-corrected chi connectivity index (χ3v) is 3.99. The van der Waals surface area contributed by atoms with Gasteiger partial charge in [0.25, 0.3) is 5.56 Å². The Morgan fingerprint density at radius 2 is 2.21 bits per heavy atom. The van der Waals surface area contributed by atoms with Gasteiger partial charge in [-0.25, -0.2) is 4.68 Å². The zero-order valence-electron chi connectivity index (χ0n) is 11.8. The van der Waals surface area contributed by atoms with Gasteiger partial charge in [0.05, 0.1) is 11.2 Å². The molecule has 0 radical (unpaired) electrons. The molecule has 1 aromatic rings. The van der Waals surface area contributed by atoms with Crippen molar-refractivity contribution in [2.45, 2.75) is 52.6 Å². The fourth-order valence-electron chi connectivity index (χ4n) is 2.20. The summed E-state index contributed by atoms with van der Waals surface area (Å²) in [6.07, 6.45) is 4.92. The molecule has 1 aliphatic carbocycles. The summed E-state index contributed by atoms with van der Waals surface area (Å²) in [5.74, 6) is 1.07. The Hall–Kier alpha value is -1.03. The highest BCUT2D eigenvalue weighted by Crippen LogP contribution is 2.30. The Morgan fingerprint density at radius 1 is 1.53 bits per heavy atom. The molecule has 1 unspecified atom stereocenters. The molecule has 1 fully saturated rings. The van der Waals surface area contributed by atoms with E-state index >= 15 is 0 Å². The maximum absolute atomic E-state index is 12.4. The first kappa shape index (κ1) is 14.4. The van der Waals surface area contributed by atoms with Gasteiger partial charge in [-0.15, -0.1) is 0 Å². The van der Waals surface area contributed by atoms with E-state index in [2.05, 4.69) is 31.2 Å². The smallest absolute Gasteiger partial charge is 0.291 e. The number of hydrogen-bond donors (Lipinski definition) is 1. The molecule has 5 heteroatoms. The number of anilines is 1. The molecule has 1 heterocycles. The van der Waals surface area contributed by atoms with Crippen LogP contribution in [0.25, 0.3) is 0 Å². The van der Waals surface area contributed by atoms with E-state index in [0.717, 1.165) is 6.42 Å². The van der Waals surface area contributed by atoms with Crippen LogP contribution in [0.4, 0.5) is 5.69 Å². The Kier molecular flexibility index (Phi) is 4.50. The molecule has 1 atom stereocenters. The van der Waals surface area contributed by atoms with Crippen molar-refractivity contribution in [1.29, 1.82) is 0 Å². The molecule has 4 nitrogen and oxygen atoms in total. The largest absolute Gasteiger partial charge is 0.376 e. The van der Waals surface area contributed by atoms with Crippen molar-refractivity contribution in [2.24, 2.45) is 11.8 Å². The molecule has 1 N–H and O–H groups in total. The minimum Gasteiger partial charge on any atom is -0.376 e. The average molecular weight is 284 g/mol. The maximum Gasteiger partial charge on any atom is 0.291 e. The topological polar surface area (TPSA) is 46.9 Å². The first-order valence-corrected chi connectivity index (χ1v) is 7.42. The summed E-state index contributed by atoms with van der Waals surface area (Å²) >= 11 is 6.12. The first-order chi connectivity index (χ1) is 9.02. The maximum atomic E-state index is 12.4. The molecule has 1 aliphatic rings. The van der Waals surface area contributed by atoms with Crippen LogP contribution in [0.5, 0.6) is 0 Å². The highest BCUT2D eigenvalue weighted by atomic mass is 35.5. The highest BCUT2D eigenvalue weighted by molar-refractivity contribution is 6.33. The van der Waals surface area contributed by atoms with Crippen molar-refractivity contribution in [3.63, 3.8) is 0 Å². The van der Waals surface area contributed by atoms with Crippen LogP contribution in [0.1, 0.15) is 40.0 Å². The third kappa shape index (κ3) is 3.50. The van der Waals surface area contributed by atoms with Gasteiger partial charge in [-0.3, -0.25) is 4.79 Å². The van der Waals surface area contributed by atoms with Crippen LogP contribution in [0.3, 0.4) is 0 Å². The number of aromatic nitrogens is 2. The van der Waals surface area contributed by atoms with Gasteiger partial charge in [-0.2, -0.15) is 5.10 Å². The van der Waals surface area contributed by atoms with Crippen LogP contribution in [-0.2, 0) is 6.54 Å². The summed E-state index contributed by atoms with van der Waals surface area (Å²) in [4.78, 5) is 12.4. The van der Waals surface area contributed by atoms with Crippen LogP contribution in [-0.4, -0.2) is 15.8 Å². The lowest BCUT2D eigenvalue weighted by molar-refractivity contribution is 0.504. The summed E-state index contributed by atoms with van der Waals surface area (Å²) in [5.41, 5.74) is 0.399. The molecule has 2 rings (SSSR count). The molecule has 0 saturated heterocycles. The van der Waals surface area contributed by atoms with Crippen LogP contribution in [0.2, 0.25) is 5.02 Å². The van der Waals surface area contributed by atoms with Crippen LogP contribution >= 0.6 is 11.6 Å². The zero-order chi connectivity index (χ0) is 14.0. The Labute approximate surface area is 119 Å². The van der Waals surface area contributed by atoms with Crippen molar-refractivity contribution in [3.05, 3.63) is 21.6 Å². The van der Waals surface area contributed by atoms with Gasteiger partial charge >= 0.3 is 0 Å². The minimum atomic E-state index is -0.0986. The summed E-state index contributed by atoms with van der Waals surface area (Å²) in [5, 5.41) is 7.84.